The summed E-state index contributed by atoms with van der Waals surface area (Å²) in [4.78, 5) is 33.5. The van der Waals surface area contributed by atoms with Crippen LogP contribution >= 0.6 is 0 Å². The fourth-order valence-electron chi connectivity index (χ4n) is 3.20. The molecule has 0 aliphatic carbocycles. The zero-order chi connectivity index (χ0) is 19.2. The van der Waals surface area contributed by atoms with E-state index in [2.05, 4.69) is 22.1 Å². The molecule has 0 spiro atoms. The number of likely N-dealkylation sites (N-methyl/N-ethyl adjacent to an activating group) is 1. The molecule has 6 nitrogen and oxygen atoms in total. The van der Waals surface area contributed by atoms with Crippen LogP contribution in [0.2, 0.25) is 0 Å². The first-order chi connectivity index (χ1) is 13.1. The van der Waals surface area contributed by atoms with Gasteiger partial charge in [0.1, 0.15) is 5.69 Å². The second kappa shape index (κ2) is 8.77. The predicted molar refractivity (Wildman–Crippen MR) is 105 cm³/mol. The van der Waals surface area contributed by atoms with Gasteiger partial charge in [0.05, 0.1) is 0 Å². The first-order valence-corrected chi connectivity index (χ1v) is 9.39. The van der Waals surface area contributed by atoms with Gasteiger partial charge in [-0.15, -0.1) is 0 Å². The number of pyridine rings is 1. The minimum absolute atomic E-state index is 0.112. The van der Waals surface area contributed by atoms with Crippen LogP contribution in [0.3, 0.4) is 0 Å². The van der Waals surface area contributed by atoms with Crippen molar-refractivity contribution in [2.24, 2.45) is 0 Å². The largest absolute Gasteiger partial charge is 0.348 e. The lowest BCUT2D eigenvalue weighted by Gasteiger charge is -2.33. The van der Waals surface area contributed by atoms with E-state index in [1.807, 2.05) is 36.1 Å². The van der Waals surface area contributed by atoms with E-state index in [0.29, 0.717) is 30.9 Å². The molecule has 0 radical (unpaired) electrons. The number of nitrogens with one attached hydrogen (secondary N) is 1. The van der Waals surface area contributed by atoms with Crippen molar-refractivity contribution >= 4 is 11.8 Å². The standard InChI is InChI=1S/C21H26N4O2/c1-3-24-10-12-25(13-11-24)21(27)19-14-17(8-9-22-19)20(26)23-15-18-7-5-4-6-16(18)2/h4-9,14H,3,10-13,15H2,1-2H3,(H,23,26). The second-order valence-corrected chi connectivity index (χ2v) is 6.77. The van der Waals surface area contributed by atoms with E-state index in [4.69, 9.17) is 0 Å². The number of piperazine rings is 1. The van der Waals surface area contributed by atoms with E-state index < -0.39 is 0 Å². The molecule has 1 aliphatic heterocycles. The molecule has 6 heteroatoms. The summed E-state index contributed by atoms with van der Waals surface area (Å²) in [6.07, 6.45) is 1.53. The topological polar surface area (TPSA) is 65.5 Å². The number of carbonyl (C=O) groups excluding carboxylic acids is 2. The van der Waals surface area contributed by atoms with Crippen LogP contribution in [0.4, 0.5) is 0 Å². The molecule has 0 unspecified atom stereocenters. The summed E-state index contributed by atoms with van der Waals surface area (Å²) < 4.78 is 0. The monoisotopic (exact) mass is 366 g/mol. The highest BCUT2D eigenvalue weighted by Gasteiger charge is 2.22. The molecule has 2 aromatic rings. The molecule has 1 N–H and O–H groups in total. The van der Waals surface area contributed by atoms with E-state index in [-0.39, 0.29) is 11.8 Å². The molecular formula is C21H26N4O2. The van der Waals surface area contributed by atoms with Gasteiger partial charge in [0, 0.05) is 44.5 Å². The van der Waals surface area contributed by atoms with E-state index in [9.17, 15) is 9.59 Å². The van der Waals surface area contributed by atoms with E-state index >= 15 is 0 Å². The number of rotatable bonds is 5. The van der Waals surface area contributed by atoms with Gasteiger partial charge < -0.3 is 15.1 Å². The molecule has 0 atom stereocenters. The minimum atomic E-state index is -0.203. The zero-order valence-electron chi connectivity index (χ0n) is 15.9. The third-order valence-corrected chi connectivity index (χ3v) is 5.05. The smallest absolute Gasteiger partial charge is 0.272 e. The molecule has 2 heterocycles. The number of hydrogen-bond acceptors (Lipinski definition) is 4. The molecule has 1 saturated heterocycles. The zero-order valence-corrected chi connectivity index (χ0v) is 15.9. The van der Waals surface area contributed by atoms with Gasteiger partial charge in [0.15, 0.2) is 0 Å². The molecular weight excluding hydrogens is 340 g/mol. The number of amides is 2. The normalized spacial score (nSPS) is 14.8. The van der Waals surface area contributed by atoms with Gasteiger partial charge in [-0.3, -0.25) is 14.6 Å². The van der Waals surface area contributed by atoms with Gasteiger partial charge in [-0.1, -0.05) is 31.2 Å². The Balaban J connectivity index is 1.63. The summed E-state index contributed by atoms with van der Waals surface area (Å²) in [6, 6.07) is 11.2. The fourth-order valence-corrected chi connectivity index (χ4v) is 3.20. The van der Waals surface area contributed by atoms with Crippen LogP contribution in [0.1, 0.15) is 38.9 Å². The number of carbonyl (C=O) groups is 2. The SMILES string of the molecule is CCN1CCN(C(=O)c2cc(C(=O)NCc3ccccc3C)ccn2)CC1. The van der Waals surface area contributed by atoms with Crippen molar-refractivity contribution in [3.05, 3.63) is 65.0 Å². The van der Waals surface area contributed by atoms with Gasteiger partial charge >= 0.3 is 0 Å². The third-order valence-electron chi connectivity index (χ3n) is 5.05. The summed E-state index contributed by atoms with van der Waals surface area (Å²) in [6.45, 7) is 8.72. The Hall–Kier alpha value is -2.73. The Kier molecular flexibility index (Phi) is 6.19. The summed E-state index contributed by atoms with van der Waals surface area (Å²) >= 11 is 0. The number of aryl methyl sites for hydroxylation is 1. The molecule has 1 aromatic heterocycles. The second-order valence-electron chi connectivity index (χ2n) is 6.77. The lowest BCUT2D eigenvalue weighted by atomic mass is 10.1. The highest BCUT2D eigenvalue weighted by molar-refractivity contribution is 5.98. The van der Waals surface area contributed by atoms with Crippen molar-refractivity contribution in [3.63, 3.8) is 0 Å². The Labute approximate surface area is 160 Å². The number of hydrogen-bond donors (Lipinski definition) is 1. The first-order valence-electron chi connectivity index (χ1n) is 9.39. The van der Waals surface area contributed by atoms with Crippen LogP contribution in [-0.2, 0) is 6.54 Å². The van der Waals surface area contributed by atoms with E-state index in [0.717, 1.165) is 30.8 Å². The van der Waals surface area contributed by atoms with Crippen LogP contribution < -0.4 is 5.32 Å². The molecule has 1 aromatic carbocycles. The van der Waals surface area contributed by atoms with Gasteiger partial charge in [0.2, 0.25) is 0 Å². The minimum Gasteiger partial charge on any atom is -0.348 e. The van der Waals surface area contributed by atoms with Crippen molar-refractivity contribution in [3.8, 4) is 0 Å². The highest BCUT2D eigenvalue weighted by Crippen LogP contribution is 2.10. The number of nitrogens with zero attached hydrogens (tertiary/aromatic N) is 3. The van der Waals surface area contributed by atoms with Crippen LogP contribution in [0.25, 0.3) is 0 Å². The summed E-state index contributed by atoms with van der Waals surface area (Å²) in [7, 11) is 0. The first kappa shape index (κ1) is 19.0. The molecule has 0 bridgehead atoms. The quantitative estimate of drug-likeness (QED) is 0.880. The molecule has 142 valence electrons. The van der Waals surface area contributed by atoms with Gasteiger partial charge in [-0.05, 0) is 36.7 Å². The van der Waals surface area contributed by atoms with E-state index in [1.165, 1.54) is 6.20 Å². The third kappa shape index (κ3) is 4.71. The highest BCUT2D eigenvalue weighted by atomic mass is 16.2. The van der Waals surface area contributed by atoms with Crippen molar-refractivity contribution in [1.82, 2.24) is 20.1 Å². The van der Waals surface area contributed by atoms with Crippen molar-refractivity contribution in [2.75, 3.05) is 32.7 Å². The van der Waals surface area contributed by atoms with Crippen LogP contribution in [0, 0.1) is 6.92 Å². The Morgan fingerprint density at radius 2 is 1.85 bits per heavy atom. The maximum absolute atomic E-state index is 12.7. The predicted octanol–water partition coefficient (Wildman–Crippen LogP) is 2.10. The van der Waals surface area contributed by atoms with Gasteiger partial charge in [-0.25, -0.2) is 0 Å². The maximum atomic E-state index is 12.7. The molecule has 0 saturated carbocycles. The maximum Gasteiger partial charge on any atom is 0.272 e. The summed E-state index contributed by atoms with van der Waals surface area (Å²) in [5.41, 5.74) is 2.98. The average molecular weight is 366 g/mol. The Morgan fingerprint density at radius 3 is 2.56 bits per heavy atom. The number of benzene rings is 1. The molecule has 2 amide bonds. The average Bonchev–Trinajstić information content (AvgIpc) is 2.72. The van der Waals surface area contributed by atoms with Crippen LogP contribution in [0.5, 0.6) is 0 Å². The van der Waals surface area contributed by atoms with Crippen molar-refractivity contribution < 1.29 is 9.59 Å². The summed E-state index contributed by atoms with van der Waals surface area (Å²) in [5, 5.41) is 2.92. The van der Waals surface area contributed by atoms with E-state index in [1.54, 1.807) is 12.1 Å². The molecule has 1 aliphatic rings. The Bertz CT molecular complexity index is 813. The number of aromatic nitrogens is 1. The van der Waals surface area contributed by atoms with Crippen LogP contribution in [-0.4, -0.2) is 59.3 Å². The fraction of sp³-hybridized carbons (Fsp3) is 0.381. The van der Waals surface area contributed by atoms with Gasteiger partial charge in [0.25, 0.3) is 11.8 Å². The molecule has 3 rings (SSSR count). The van der Waals surface area contributed by atoms with Gasteiger partial charge in [-0.2, -0.15) is 0 Å². The van der Waals surface area contributed by atoms with Crippen LogP contribution in [0.15, 0.2) is 42.6 Å². The summed E-state index contributed by atoms with van der Waals surface area (Å²) in [5.74, 6) is -0.315. The Morgan fingerprint density at radius 1 is 1.11 bits per heavy atom. The lowest BCUT2D eigenvalue weighted by Crippen LogP contribution is -2.48. The lowest BCUT2D eigenvalue weighted by molar-refractivity contribution is 0.0637. The molecule has 1 fully saturated rings. The molecule has 27 heavy (non-hydrogen) atoms. The van der Waals surface area contributed by atoms with Crippen molar-refractivity contribution in [1.29, 1.82) is 0 Å². The van der Waals surface area contributed by atoms with Crippen molar-refractivity contribution in [2.45, 2.75) is 20.4 Å².